The fourth-order valence-corrected chi connectivity index (χ4v) is 1.27. The van der Waals surface area contributed by atoms with E-state index in [1.807, 2.05) is 0 Å². The van der Waals surface area contributed by atoms with E-state index >= 15 is 0 Å². The zero-order valence-electron chi connectivity index (χ0n) is 8.95. The molecule has 0 bridgehead atoms. The van der Waals surface area contributed by atoms with Crippen LogP contribution in [0.4, 0.5) is 5.69 Å². The third kappa shape index (κ3) is 2.98. The molecule has 0 spiro atoms. The summed E-state index contributed by atoms with van der Waals surface area (Å²) < 4.78 is 0. The minimum Gasteiger partial charge on any atom is -0.507 e. The number of nitrogens with one attached hydrogen (secondary N) is 1. The summed E-state index contributed by atoms with van der Waals surface area (Å²) in [6, 6.07) is 2.14. The lowest BCUT2D eigenvalue weighted by atomic mass is 10.1. The Hall–Kier alpha value is -2.01. The van der Waals surface area contributed by atoms with Crippen molar-refractivity contribution in [2.45, 2.75) is 6.92 Å². The first-order valence-corrected chi connectivity index (χ1v) is 4.93. The van der Waals surface area contributed by atoms with Gasteiger partial charge in [0.15, 0.2) is 0 Å². The summed E-state index contributed by atoms with van der Waals surface area (Å²) in [6.45, 7) is 4.95. The maximum absolute atomic E-state index is 11.3. The van der Waals surface area contributed by atoms with Crippen molar-refractivity contribution in [2.24, 2.45) is 0 Å². The van der Waals surface area contributed by atoms with Gasteiger partial charge in [-0.05, 0) is 13.0 Å². The Kier molecular flexibility index (Phi) is 3.75. The smallest absolute Gasteiger partial charge is 0.339 e. The molecule has 1 rings (SSSR count). The molecule has 0 aliphatic rings. The number of halogens is 1. The van der Waals surface area contributed by atoms with Crippen LogP contribution in [0.3, 0.4) is 0 Å². The van der Waals surface area contributed by atoms with Gasteiger partial charge in [-0.2, -0.15) is 0 Å². The number of phenols is 1. The minimum absolute atomic E-state index is 0.0230. The number of carbonyl (C=O) groups excluding carboxylic acids is 1. The van der Waals surface area contributed by atoms with Gasteiger partial charge in [0.1, 0.15) is 11.3 Å². The summed E-state index contributed by atoms with van der Waals surface area (Å²) in [4.78, 5) is 22.0. The number of rotatable bonds is 3. The predicted octanol–water partition coefficient (Wildman–Crippen LogP) is 2.26. The molecular formula is C11H10ClNO4. The first-order valence-electron chi connectivity index (χ1n) is 4.55. The van der Waals surface area contributed by atoms with E-state index in [0.29, 0.717) is 0 Å². The molecule has 0 saturated carbocycles. The predicted molar refractivity (Wildman–Crippen MR) is 63.5 cm³/mol. The second-order valence-corrected chi connectivity index (χ2v) is 3.80. The standard InChI is InChI=1S/C11H10ClNO4/c1-5(2)10(15)13-8-4-9(14)6(11(16)17)3-7(8)12/h3-4,14H,1H2,2H3,(H,13,15)(H,16,17). The van der Waals surface area contributed by atoms with Gasteiger partial charge < -0.3 is 15.5 Å². The Bertz CT molecular complexity index is 510. The molecule has 5 nitrogen and oxygen atoms in total. The number of aromatic carboxylic acids is 1. The van der Waals surface area contributed by atoms with Crippen LogP contribution in [0.25, 0.3) is 0 Å². The fraction of sp³-hybridized carbons (Fsp3) is 0.0909. The van der Waals surface area contributed by atoms with Crippen molar-refractivity contribution in [1.29, 1.82) is 0 Å². The molecule has 0 aliphatic heterocycles. The van der Waals surface area contributed by atoms with Crippen LogP contribution in [0.15, 0.2) is 24.3 Å². The summed E-state index contributed by atoms with van der Waals surface area (Å²) in [5.41, 5.74) is 0.0633. The van der Waals surface area contributed by atoms with Crippen LogP contribution in [0, 0.1) is 0 Å². The molecule has 0 aliphatic carbocycles. The molecule has 0 saturated heterocycles. The van der Waals surface area contributed by atoms with E-state index in [1.54, 1.807) is 0 Å². The van der Waals surface area contributed by atoms with E-state index in [1.165, 1.54) is 6.92 Å². The molecule has 90 valence electrons. The van der Waals surface area contributed by atoms with E-state index in [4.69, 9.17) is 16.7 Å². The van der Waals surface area contributed by atoms with Crippen LogP contribution in [-0.4, -0.2) is 22.1 Å². The molecule has 1 aromatic carbocycles. The van der Waals surface area contributed by atoms with Gasteiger partial charge in [0.05, 0.1) is 10.7 Å². The monoisotopic (exact) mass is 255 g/mol. The van der Waals surface area contributed by atoms with E-state index < -0.39 is 17.6 Å². The molecule has 6 heteroatoms. The lowest BCUT2D eigenvalue weighted by Gasteiger charge is -2.09. The Labute approximate surface area is 102 Å². The molecule has 0 aromatic heterocycles. The largest absolute Gasteiger partial charge is 0.507 e. The second kappa shape index (κ2) is 4.88. The van der Waals surface area contributed by atoms with Crippen LogP contribution < -0.4 is 5.32 Å². The Morgan fingerprint density at radius 1 is 1.41 bits per heavy atom. The average Bonchev–Trinajstić information content (AvgIpc) is 2.22. The van der Waals surface area contributed by atoms with Crippen molar-refractivity contribution in [3.63, 3.8) is 0 Å². The quantitative estimate of drug-likeness (QED) is 0.723. The SMILES string of the molecule is C=C(C)C(=O)Nc1cc(O)c(C(=O)O)cc1Cl. The highest BCUT2D eigenvalue weighted by atomic mass is 35.5. The summed E-state index contributed by atoms with van der Waals surface area (Å²) >= 11 is 5.78. The van der Waals surface area contributed by atoms with Crippen molar-refractivity contribution < 1.29 is 19.8 Å². The normalized spacial score (nSPS) is 9.76. The van der Waals surface area contributed by atoms with Gasteiger partial charge in [-0.25, -0.2) is 4.79 Å². The van der Waals surface area contributed by atoms with Crippen LogP contribution in [-0.2, 0) is 4.79 Å². The van der Waals surface area contributed by atoms with Crippen LogP contribution in [0.2, 0.25) is 5.02 Å². The molecular weight excluding hydrogens is 246 g/mol. The van der Waals surface area contributed by atoms with Gasteiger partial charge in [-0.1, -0.05) is 18.2 Å². The summed E-state index contributed by atoms with van der Waals surface area (Å²) in [6.07, 6.45) is 0. The molecule has 1 amide bonds. The van der Waals surface area contributed by atoms with Crippen molar-refractivity contribution in [1.82, 2.24) is 0 Å². The zero-order valence-corrected chi connectivity index (χ0v) is 9.71. The summed E-state index contributed by atoms with van der Waals surface area (Å²) in [7, 11) is 0. The van der Waals surface area contributed by atoms with Gasteiger partial charge in [0.25, 0.3) is 5.91 Å². The highest BCUT2D eigenvalue weighted by molar-refractivity contribution is 6.34. The third-order valence-corrected chi connectivity index (χ3v) is 2.26. The lowest BCUT2D eigenvalue weighted by molar-refractivity contribution is -0.112. The maximum Gasteiger partial charge on any atom is 0.339 e. The first kappa shape index (κ1) is 13.1. The number of amides is 1. The number of carboxylic acid groups (broad SMARTS) is 1. The topological polar surface area (TPSA) is 86.6 Å². The van der Waals surface area contributed by atoms with Crippen molar-refractivity contribution in [3.8, 4) is 5.75 Å². The van der Waals surface area contributed by atoms with Crippen LogP contribution >= 0.6 is 11.6 Å². The highest BCUT2D eigenvalue weighted by Gasteiger charge is 2.15. The number of carboxylic acids is 1. The summed E-state index contributed by atoms with van der Waals surface area (Å²) in [5, 5.41) is 20.6. The lowest BCUT2D eigenvalue weighted by Crippen LogP contribution is -2.12. The Morgan fingerprint density at radius 2 is 2.00 bits per heavy atom. The molecule has 3 N–H and O–H groups in total. The fourth-order valence-electron chi connectivity index (χ4n) is 1.06. The highest BCUT2D eigenvalue weighted by Crippen LogP contribution is 2.30. The number of anilines is 1. The van der Waals surface area contributed by atoms with Gasteiger partial charge in [-0.15, -0.1) is 0 Å². The van der Waals surface area contributed by atoms with E-state index in [-0.39, 0.29) is 21.8 Å². The number of hydrogen-bond acceptors (Lipinski definition) is 3. The van der Waals surface area contributed by atoms with E-state index in [2.05, 4.69) is 11.9 Å². The molecule has 0 heterocycles. The van der Waals surface area contributed by atoms with Crippen molar-refractivity contribution in [3.05, 3.63) is 34.9 Å². The Morgan fingerprint density at radius 3 is 2.47 bits per heavy atom. The van der Waals surface area contributed by atoms with Gasteiger partial charge in [0, 0.05) is 11.6 Å². The van der Waals surface area contributed by atoms with Gasteiger partial charge in [0.2, 0.25) is 0 Å². The van der Waals surface area contributed by atoms with Gasteiger partial charge >= 0.3 is 5.97 Å². The number of hydrogen-bond donors (Lipinski definition) is 3. The number of benzene rings is 1. The third-order valence-electron chi connectivity index (χ3n) is 1.95. The first-order chi connectivity index (χ1) is 7.82. The van der Waals surface area contributed by atoms with E-state index in [0.717, 1.165) is 12.1 Å². The molecule has 17 heavy (non-hydrogen) atoms. The maximum atomic E-state index is 11.3. The number of carbonyl (C=O) groups is 2. The second-order valence-electron chi connectivity index (χ2n) is 3.39. The van der Waals surface area contributed by atoms with Crippen molar-refractivity contribution in [2.75, 3.05) is 5.32 Å². The minimum atomic E-state index is -1.30. The van der Waals surface area contributed by atoms with Crippen LogP contribution in [0.1, 0.15) is 17.3 Å². The molecule has 0 fully saturated rings. The zero-order chi connectivity index (χ0) is 13.2. The molecule has 0 radical (unpaired) electrons. The molecule has 0 atom stereocenters. The van der Waals surface area contributed by atoms with Crippen LogP contribution in [0.5, 0.6) is 5.75 Å². The van der Waals surface area contributed by atoms with E-state index in [9.17, 15) is 14.7 Å². The summed E-state index contributed by atoms with van der Waals surface area (Å²) in [5.74, 6) is -2.24. The Balaban J connectivity index is 3.12. The average molecular weight is 256 g/mol. The van der Waals surface area contributed by atoms with Gasteiger partial charge in [-0.3, -0.25) is 4.79 Å². The molecule has 1 aromatic rings. The van der Waals surface area contributed by atoms with Crippen molar-refractivity contribution >= 4 is 29.2 Å². The number of aromatic hydroxyl groups is 1. The molecule has 0 unspecified atom stereocenters.